The molecule has 2 rings (SSSR count). The number of likely N-dealkylation sites (N-methyl/N-ethyl adjacent to an activating group) is 1. The van der Waals surface area contributed by atoms with Crippen LogP contribution in [-0.2, 0) is 6.54 Å². The van der Waals surface area contributed by atoms with Crippen LogP contribution in [-0.4, -0.2) is 56.1 Å². The molecule has 1 N–H and O–H groups in total. The second kappa shape index (κ2) is 7.25. The first-order valence-electron chi connectivity index (χ1n) is 6.88. The fourth-order valence-electron chi connectivity index (χ4n) is 2.24. The molecule has 102 valence electrons. The molecule has 0 atom stereocenters. The molecule has 4 nitrogen and oxygen atoms in total. The van der Waals surface area contributed by atoms with Crippen molar-refractivity contribution in [3.05, 3.63) is 35.4 Å². The molecular weight excluding hydrogens is 236 g/mol. The highest BCUT2D eigenvalue weighted by molar-refractivity contribution is 5.31. The molecule has 1 aliphatic rings. The molecule has 0 bridgehead atoms. The lowest BCUT2D eigenvalue weighted by Gasteiger charge is -2.32. The van der Waals surface area contributed by atoms with Crippen LogP contribution in [0.3, 0.4) is 0 Å². The van der Waals surface area contributed by atoms with Gasteiger partial charge in [0.05, 0.1) is 11.6 Å². The summed E-state index contributed by atoms with van der Waals surface area (Å²) in [5.74, 6) is 0. The summed E-state index contributed by atoms with van der Waals surface area (Å²) in [6.07, 6.45) is 0. The summed E-state index contributed by atoms with van der Waals surface area (Å²) in [4.78, 5) is 4.88. The molecule has 1 aliphatic heterocycles. The van der Waals surface area contributed by atoms with Gasteiger partial charge in [-0.15, -0.1) is 0 Å². The Bertz CT molecular complexity index is 413. The fourth-order valence-corrected chi connectivity index (χ4v) is 2.24. The minimum Gasteiger partial charge on any atom is -0.311 e. The molecule has 0 spiro atoms. The van der Waals surface area contributed by atoms with Gasteiger partial charge in [0, 0.05) is 45.8 Å². The first-order valence-corrected chi connectivity index (χ1v) is 6.88. The highest BCUT2D eigenvalue weighted by Gasteiger charge is 2.12. The summed E-state index contributed by atoms with van der Waals surface area (Å²) in [5.41, 5.74) is 1.96. The van der Waals surface area contributed by atoms with E-state index in [1.807, 2.05) is 24.3 Å². The van der Waals surface area contributed by atoms with Gasteiger partial charge in [-0.1, -0.05) is 12.1 Å². The number of nitriles is 1. The summed E-state index contributed by atoms with van der Waals surface area (Å²) >= 11 is 0. The maximum atomic E-state index is 8.73. The summed E-state index contributed by atoms with van der Waals surface area (Å²) in [7, 11) is 2.18. The smallest absolute Gasteiger partial charge is 0.0991 e. The Hall–Kier alpha value is -1.41. The molecule has 0 amide bonds. The standard InChI is InChI=1S/C15H22N4/c1-18-8-10-19(11-9-18)7-6-17-13-15-4-2-14(12-16)3-5-15/h2-5,17H,6-11,13H2,1H3. The number of nitrogens with zero attached hydrogens (tertiary/aromatic N) is 3. The molecule has 0 unspecified atom stereocenters. The Labute approximate surface area is 115 Å². The third-order valence-corrected chi connectivity index (χ3v) is 3.61. The van der Waals surface area contributed by atoms with E-state index in [2.05, 4.69) is 28.2 Å². The van der Waals surface area contributed by atoms with Crippen LogP contribution in [0.15, 0.2) is 24.3 Å². The van der Waals surface area contributed by atoms with Crippen molar-refractivity contribution in [2.75, 3.05) is 46.3 Å². The number of nitrogens with one attached hydrogen (secondary N) is 1. The maximum absolute atomic E-state index is 8.73. The average molecular weight is 258 g/mol. The second-order valence-corrected chi connectivity index (χ2v) is 5.13. The van der Waals surface area contributed by atoms with E-state index in [4.69, 9.17) is 5.26 Å². The lowest BCUT2D eigenvalue weighted by molar-refractivity contribution is 0.154. The van der Waals surface area contributed by atoms with E-state index in [-0.39, 0.29) is 0 Å². The van der Waals surface area contributed by atoms with Gasteiger partial charge in [0.15, 0.2) is 0 Å². The Kier molecular flexibility index (Phi) is 5.34. The molecule has 1 aromatic carbocycles. The predicted octanol–water partition coefficient (Wildman–Crippen LogP) is 0.895. The Morgan fingerprint density at radius 2 is 1.84 bits per heavy atom. The summed E-state index contributed by atoms with van der Waals surface area (Å²) in [5, 5.41) is 12.2. The van der Waals surface area contributed by atoms with Crippen molar-refractivity contribution >= 4 is 0 Å². The van der Waals surface area contributed by atoms with E-state index < -0.39 is 0 Å². The SMILES string of the molecule is CN1CCN(CCNCc2ccc(C#N)cc2)CC1. The van der Waals surface area contributed by atoms with Gasteiger partial charge < -0.3 is 10.2 Å². The van der Waals surface area contributed by atoms with Crippen molar-refractivity contribution in [3.63, 3.8) is 0 Å². The first-order chi connectivity index (χ1) is 9.28. The quantitative estimate of drug-likeness (QED) is 0.797. The van der Waals surface area contributed by atoms with Crippen molar-refractivity contribution in [1.29, 1.82) is 5.26 Å². The number of benzene rings is 1. The molecule has 1 saturated heterocycles. The summed E-state index contributed by atoms with van der Waals surface area (Å²) in [6, 6.07) is 9.91. The van der Waals surface area contributed by atoms with Crippen LogP contribution < -0.4 is 5.32 Å². The molecule has 0 aromatic heterocycles. The van der Waals surface area contributed by atoms with Crippen LogP contribution in [0.25, 0.3) is 0 Å². The largest absolute Gasteiger partial charge is 0.311 e. The fraction of sp³-hybridized carbons (Fsp3) is 0.533. The summed E-state index contributed by atoms with van der Waals surface area (Å²) < 4.78 is 0. The molecule has 0 saturated carbocycles. The highest BCUT2D eigenvalue weighted by Crippen LogP contribution is 2.03. The van der Waals surface area contributed by atoms with Crippen molar-refractivity contribution < 1.29 is 0 Å². The zero-order chi connectivity index (χ0) is 13.5. The Morgan fingerprint density at radius 1 is 1.16 bits per heavy atom. The van der Waals surface area contributed by atoms with E-state index in [0.29, 0.717) is 0 Å². The monoisotopic (exact) mass is 258 g/mol. The van der Waals surface area contributed by atoms with Crippen LogP contribution in [0.5, 0.6) is 0 Å². The van der Waals surface area contributed by atoms with Gasteiger partial charge in [-0.25, -0.2) is 0 Å². The van der Waals surface area contributed by atoms with E-state index in [1.54, 1.807) is 0 Å². The van der Waals surface area contributed by atoms with Gasteiger partial charge in [0.1, 0.15) is 0 Å². The van der Waals surface area contributed by atoms with Crippen LogP contribution in [0.2, 0.25) is 0 Å². The maximum Gasteiger partial charge on any atom is 0.0991 e. The number of hydrogen-bond donors (Lipinski definition) is 1. The van der Waals surface area contributed by atoms with E-state index in [1.165, 1.54) is 31.7 Å². The first kappa shape index (κ1) is 14.0. The third kappa shape index (κ3) is 4.64. The normalized spacial score (nSPS) is 17.3. The molecular formula is C15H22N4. The predicted molar refractivity (Wildman–Crippen MR) is 76.8 cm³/mol. The van der Waals surface area contributed by atoms with E-state index in [0.717, 1.165) is 25.2 Å². The van der Waals surface area contributed by atoms with E-state index in [9.17, 15) is 0 Å². The molecule has 1 fully saturated rings. The molecule has 0 aliphatic carbocycles. The van der Waals surface area contributed by atoms with E-state index >= 15 is 0 Å². The van der Waals surface area contributed by atoms with Crippen LogP contribution in [0, 0.1) is 11.3 Å². The zero-order valence-electron chi connectivity index (χ0n) is 11.6. The van der Waals surface area contributed by atoms with Crippen molar-refractivity contribution in [2.24, 2.45) is 0 Å². The highest BCUT2D eigenvalue weighted by atomic mass is 15.2. The van der Waals surface area contributed by atoms with Crippen LogP contribution >= 0.6 is 0 Å². The van der Waals surface area contributed by atoms with Gasteiger partial charge in [-0.05, 0) is 24.7 Å². The minimum atomic E-state index is 0.723. The zero-order valence-corrected chi connectivity index (χ0v) is 11.6. The number of rotatable bonds is 5. The third-order valence-electron chi connectivity index (χ3n) is 3.61. The lowest BCUT2D eigenvalue weighted by atomic mass is 10.1. The summed E-state index contributed by atoms with van der Waals surface area (Å²) in [6.45, 7) is 7.71. The van der Waals surface area contributed by atoms with Crippen molar-refractivity contribution in [1.82, 2.24) is 15.1 Å². The Morgan fingerprint density at radius 3 is 2.47 bits per heavy atom. The van der Waals surface area contributed by atoms with Gasteiger partial charge in [-0.3, -0.25) is 4.90 Å². The second-order valence-electron chi connectivity index (χ2n) is 5.13. The van der Waals surface area contributed by atoms with Crippen molar-refractivity contribution in [2.45, 2.75) is 6.54 Å². The van der Waals surface area contributed by atoms with Crippen LogP contribution in [0.1, 0.15) is 11.1 Å². The molecule has 19 heavy (non-hydrogen) atoms. The number of piperazine rings is 1. The van der Waals surface area contributed by atoms with Gasteiger partial charge in [0.2, 0.25) is 0 Å². The molecule has 4 heteroatoms. The van der Waals surface area contributed by atoms with Gasteiger partial charge >= 0.3 is 0 Å². The Balaban J connectivity index is 1.62. The van der Waals surface area contributed by atoms with Gasteiger partial charge in [-0.2, -0.15) is 5.26 Å². The average Bonchev–Trinajstić information content (AvgIpc) is 2.46. The molecule has 1 aromatic rings. The molecule has 0 radical (unpaired) electrons. The van der Waals surface area contributed by atoms with Crippen LogP contribution in [0.4, 0.5) is 0 Å². The van der Waals surface area contributed by atoms with Crippen molar-refractivity contribution in [3.8, 4) is 6.07 Å². The topological polar surface area (TPSA) is 42.3 Å². The van der Waals surface area contributed by atoms with Gasteiger partial charge in [0.25, 0.3) is 0 Å². The molecule has 1 heterocycles. The lowest BCUT2D eigenvalue weighted by Crippen LogP contribution is -2.46. The minimum absolute atomic E-state index is 0.723. The number of hydrogen-bond acceptors (Lipinski definition) is 4.